The van der Waals surface area contributed by atoms with Gasteiger partial charge in [0.15, 0.2) is 0 Å². The summed E-state index contributed by atoms with van der Waals surface area (Å²) in [7, 11) is 0. The molecule has 0 atom stereocenters. The average molecular weight is 362 g/mol. The van der Waals surface area contributed by atoms with Crippen LogP contribution in [0.3, 0.4) is 0 Å². The molecule has 138 valence electrons. The van der Waals surface area contributed by atoms with E-state index in [0.29, 0.717) is 17.5 Å². The first-order valence-corrected chi connectivity index (χ1v) is 8.06. The van der Waals surface area contributed by atoms with E-state index >= 15 is 0 Å². The fourth-order valence-electron chi connectivity index (χ4n) is 2.29. The molecular formula is C19H20F2N2O3. The zero-order valence-corrected chi connectivity index (χ0v) is 14.8. The maximum atomic E-state index is 13.6. The number of rotatable bonds is 6. The van der Waals surface area contributed by atoms with E-state index in [-0.39, 0.29) is 24.2 Å². The van der Waals surface area contributed by atoms with E-state index in [9.17, 15) is 18.4 Å². The smallest absolute Gasteiger partial charge is 0.244 e. The second-order valence-corrected chi connectivity index (χ2v) is 5.94. The summed E-state index contributed by atoms with van der Waals surface area (Å²) in [4.78, 5) is 25.3. The Bertz CT molecular complexity index is 792. The monoisotopic (exact) mass is 362 g/mol. The number of hydrogen-bond donors (Lipinski definition) is 1. The fourth-order valence-corrected chi connectivity index (χ4v) is 2.29. The first-order valence-electron chi connectivity index (χ1n) is 8.06. The third kappa shape index (κ3) is 5.27. The number of benzene rings is 2. The summed E-state index contributed by atoms with van der Waals surface area (Å²) in [5.74, 6) is -1.94. The normalized spacial score (nSPS) is 10.5. The summed E-state index contributed by atoms with van der Waals surface area (Å²) >= 11 is 0. The zero-order chi connectivity index (χ0) is 19.3. The molecule has 0 aromatic heterocycles. The molecule has 2 aromatic rings. The van der Waals surface area contributed by atoms with Gasteiger partial charge in [0.25, 0.3) is 0 Å². The minimum Gasteiger partial charge on any atom is -0.491 e. The molecule has 0 radical (unpaired) electrons. The molecule has 0 saturated heterocycles. The minimum atomic E-state index is -0.886. The maximum Gasteiger partial charge on any atom is 0.244 e. The summed E-state index contributed by atoms with van der Waals surface area (Å²) in [6.07, 6.45) is 0.0149. The molecule has 5 nitrogen and oxygen atoms in total. The van der Waals surface area contributed by atoms with E-state index in [1.165, 1.54) is 11.8 Å². The van der Waals surface area contributed by atoms with E-state index in [0.717, 1.165) is 12.1 Å². The number of nitrogens with one attached hydrogen (secondary N) is 1. The van der Waals surface area contributed by atoms with Gasteiger partial charge in [0.05, 0.1) is 11.8 Å². The largest absolute Gasteiger partial charge is 0.491 e. The molecule has 0 aliphatic heterocycles. The van der Waals surface area contributed by atoms with Gasteiger partial charge in [-0.2, -0.15) is 0 Å². The summed E-state index contributed by atoms with van der Waals surface area (Å²) in [5, 5.41) is 2.33. The maximum absolute atomic E-state index is 13.6. The van der Waals surface area contributed by atoms with E-state index < -0.39 is 17.5 Å². The van der Waals surface area contributed by atoms with Crippen LogP contribution in [-0.2, 0) is 9.59 Å². The van der Waals surface area contributed by atoms with Gasteiger partial charge >= 0.3 is 0 Å². The fraction of sp³-hybridized carbons (Fsp3) is 0.263. The van der Waals surface area contributed by atoms with Crippen LogP contribution in [0.1, 0.15) is 20.8 Å². The van der Waals surface area contributed by atoms with Gasteiger partial charge < -0.3 is 15.0 Å². The molecule has 26 heavy (non-hydrogen) atoms. The second-order valence-electron chi connectivity index (χ2n) is 5.94. The van der Waals surface area contributed by atoms with Crippen molar-refractivity contribution in [3.8, 4) is 5.75 Å². The summed E-state index contributed by atoms with van der Waals surface area (Å²) < 4.78 is 32.1. The number of halogens is 2. The molecule has 0 aliphatic rings. The van der Waals surface area contributed by atoms with Crippen LogP contribution >= 0.6 is 0 Å². The standard InChI is InChI=1S/C19H20F2N2O3/c1-12(2)26-16-7-5-15(6-8-16)23(13(3)24)11-19(25)22-18-9-4-14(20)10-17(18)21/h4-10,12H,11H2,1-3H3,(H,22,25). The zero-order valence-electron chi connectivity index (χ0n) is 14.8. The Morgan fingerprint density at radius 1 is 1.12 bits per heavy atom. The van der Waals surface area contributed by atoms with Crippen molar-refractivity contribution in [2.45, 2.75) is 26.9 Å². The van der Waals surface area contributed by atoms with Crippen LogP contribution in [0.5, 0.6) is 5.75 Å². The first-order chi connectivity index (χ1) is 12.3. The van der Waals surface area contributed by atoms with Crippen molar-refractivity contribution >= 4 is 23.2 Å². The van der Waals surface area contributed by atoms with Crippen LogP contribution in [-0.4, -0.2) is 24.5 Å². The molecule has 1 N–H and O–H groups in total. The lowest BCUT2D eigenvalue weighted by atomic mass is 10.2. The van der Waals surface area contributed by atoms with Crippen molar-refractivity contribution in [1.29, 1.82) is 0 Å². The molecule has 0 spiro atoms. The number of amides is 2. The molecule has 7 heteroatoms. The lowest BCUT2D eigenvalue weighted by Gasteiger charge is -2.21. The molecule has 0 fully saturated rings. The number of hydrogen-bond acceptors (Lipinski definition) is 3. The summed E-state index contributed by atoms with van der Waals surface area (Å²) in [6.45, 7) is 4.81. The Morgan fingerprint density at radius 3 is 2.31 bits per heavy atom. The molecule has 0 bridgehead atoms. The van der Waals surface area contributed by atoms with Gasteiger partial charge in [-0.1, -0.05) is 0 Å². The van der Waals surface area contributed by atoms with E-state index in [2.05, 4.69) is 5.32 Å². The SMILES string of the molecule is CC(=O)N(CC(=O)Nc1ccc(F)cc1F)c1ccc(OC(C)C)cc1. The Hall–Kier alpha value is -2.96. The highest BCUT2D eigenvalue weighted by atomic mass is 19.1. The third-order valence-electron chi connectivity index (χ3n) is 3.41. The molecule has 0 heterocycles. The van der Waals surface area contributed by atoms with Crippen molar-refractivity contribution in [3.63, 3.8) is 0 Å². The molecule has 2 amide bonds. The molecule has 2 aromatic carbocycles. The highest BCUT2D eigenvalue weighted by molar-refractivity contribution is 6.01. The number of nitrogens with zero attached hydrogens (tertiary/aromatic N) is 1. The Kier molecular flexibility index (Phi) is 6.27. The minimum absolute atomic E-state index is 0.0149. The highest BCUT2D eigenvalue weighted by Crippen LogP contribution is 2.21. The van der Waals surface area contributed by atoms with E-state index in [1.54, 1.807) is 24.3 Å². The summed E-state index contributed by atoms with van der Waals surface area (Å²) in [5.41, 5.74) is 0.351. The van der Waals surface area contributed by atoms with E-state index in [1.807, 2.05) is 13.8 Å². The first kappa shape index (κ1) is 19.4. The van der Waals surface area contributed by atoms with E-state index in [4.69, 9.17) is 4.74 Å². The van der Waals surface area contributed by atoms with Gasteiger partial charge in [-0.3, -0.25) is 9.59 Å². The number of anilines is 2. The van der Waals surface area contributed by atoms with Crippen LogP contribution in [0.15, 0.2) is 42.5 Å². The van der Waals surface area contributed by atoms with Crippen LogP contribution < -0.4 is 15.0 Å². The second kappa shape index (κ2) is 8.42. The van der Waals surface area contributed by atoms with Gasteiger partial charge in [-0.15, -0.1) is 0 Å². The summed E-state index contributed by atoms with van der Waals surface area (Å²) in [6, 6.07) is 9.54. The van der Waals surface area contributed by atoms with Crippen LogP contribution in [0.25, 0.3) is 0 Å². The molecular weight excluding hydrogens is 342 g/mol. The Morgan fingerprint density at radius 2 is 1.77 bits per heavy atom. The molecule has 0 saturated carbocycles. The molecule has 2 rings (SSSR count). The van der Waals surface area contributed by atoms with Crippen molar-refractivity contribution in [2.24, 2.45) is 0 Å². The van der Waals surface area contributed by atoms with Crippen LogP contribution in [0.4, 0.5) is 20.2 Å². The van der Waals surface area contributed by atoms with Gasteiger partial charge in [0, 0.05) is 18.7 Å². The predicted octanol–water partition coefficient (Wildman–Crippen LogP) is 3.74. The van der Waals surface area contributed by atoms with Gasteiger partial charge in [0.1, 0.15) is 23.9 Å². The third-order valence-corrected chi connectivity index (χ3v) is 3.41. The van der Waals surface area contributed by atoms with Crippen LogP contribution in [0, 0.1) is 11.6 Å². The Balaban J connectivity index is 2.09. The number of ether oxygens (including phenoxy) is 1. The van der Waals surface area contributed by atoms with Crippen molar-refractivity contribution in [1.82, 2.24) is 0 Å². The lowest BCUT2D eigenvalue weighted by molar-refractivity contribution is -0.120. The van der Waals surface area contributed by atoms with Crippen molar-refractivity contribution < 1.29 is 23.1 Å². The van der Waals surface area contributed by atoms with Gasteiger partial charge in [-0.05, 0) is 50.2 Å². The molecule has 0 aliphatic carbocycles. The quantitative estimate of drug-likeness (QED) is 0.852. The van der Waals surface area contributed by atoms with Crippen molar-refractivity contribution in [3.05, 3.63) is 54.1 Å². The topological polar surface area (TPSA) is 58.6 Å². The lowest BCUT2D eigenvalue weighted by Crippen LogP contribution is -2.36. The highest BCUT2D eigenvalue weighted by Gasteiger charge is 2.17. The average Bonchev–Trinajstić information content (AvgIpc) is 2.55. The van der Waals surface area contributed by atoms with Crippen LogP contribution in [0.2, 0.25) is 0 Å². The molecule has 0 unspecified atom stereocenters. The Labute approximate surface area is 150 Å². The number of carbonyl (C=O) groups excluding carboxylic acids is 2. The van der Waals surface area contributed by atoms with Gasteiger partial charge in [0.2, 0.25) is 11.8 Å². The van der Waals surface area contributed by atoms with Crippen molar-refractivity contribution in [2.75, 3.05) is 16.8 Å². The predicted molar refractivity (Wildman–Crippen MR) is 95.2 cm³/mol. The van der Waals surface area contributed by atoms with Gasteiger partial charge in [-0.25, -0.2) is 8.78 Å². The number of carbonyl (C=O) groups is 2.